The van der Waals surface area contributed by atoms with Crippen LogP contribution in [0.2, 0.25) is 0 Å². The summed E-state index contributed by atoms with van der Waals surface area (Å²) < 4.78 is 0. The third kappa shape index (κ3) is 2.65. The fourth-order valence-electron chi connectivity index (χ4n) is 2.00. The van der Waals surface area contributed by atoms with Gasteiger partial charge in [0.1, 0.15) is 5.82 Å². The van der Waals surface area contributed by atoms with Crippen molar-refractivity contribution in [3.05, 3.63) is 17.8 Å². The predicted octanol–water partition coefficient (Wildman–Crippen LogP) is 1.47. The SMILES string of the molecule is Cc1ccc(N[C@H]2CCCC[C@@H]2N)nn1. The van der Waals surface area contributed by atoms with Crippen LogP contribution >= 0.6 is 0 Å². The van der Waals surface area contributed by atoms with Crippen molar-refractivity contribution >= 4 is 5.82 Å². The summed E-state index contributed by atoms with van der Waals surface area (Å²) in [5.74, 6) is 0.836. The lowest BCUT2D eigenvalue weighted by Crippen LogP contribution is -2.42. The van der Waals surface area contributed by atoms with Crippen molar-refractivity contribution in [1.29, 1.82) is 0 Å². The Balaban J connectivity index is 1.98. The van der Waals surface area contributed by atoms with Crippen LogP contribution in [0.4, 0.5) is 5.82 Å². The molecule has 0 radical (unpaired) electrons. The second-order valence-corrected chi connectivity index (χ2v) is 4.26. The van der Waals surface area contributed by atoms with Gasteiger partial charge in [-0.05, 0) is 31.9 Å². The number of hydrogen-bond acceptors (Lipinski definition) is 4. The summed E-state index contributed by atoms with van der Waals surface area (Å²) in [4.78, 5) is 0. The van der Waals surface area contributed by atoms with E-state index in [9.17, 15) is 0 Å². The highest BCUT2D eigenvalue weighted by molar-refractivity contribution is 5.34. The summed E-state index contributed by atoms with van der Waals surface area (Å²) in [5, 5.41) is 11.5. The van der Waals surface area contributed by atoms with Crippen molar-refractivity contribution in [1.82, 2.24) is 10.2 Å². The van der Waals surface area contributed by atoms with Crippen LogP contribution < -0.4 is 11.1 Å². The van der Waals surface area contributed by atoms with Crippen LogP contribution in [0.3, 0.4) is 0 Å². The van der Waals surface area contributed by atoms with Crippen LogP contribution in [0.5, 0.6) is 0 Å². The molecule has 1 aliphatic carbocycles. The molecular weight excluding hydrogens is 188 g/mol. The number of hydrogen-bond donors (Lipinski definition) is 2. The van der Waals surface area contributed by atoms with Crippen LogP contribution in [0.25, 0.3) is 0 Å². The standard InChI is InChI=1S/C11H18N4/c1-8-6-7-11(15-14-8)13-10-5-3-2-4-9(10)12/h6-7,9-10H,2-5,12H2,1H3,(H,13,15)/t9-,10-/m0/s1. The Morgan fingerprint density at radius 1 is 1.27 bits per heavy atom. The topological polar surface area (TPSA) is 63.8 Å². The molecule has 82 valence electrons. The van der Waals surface area contributed by atoms with Gasteiger partial charge < -0.3 is 11.1 Å². The number of nitrogens with two attached hydrogens (primary N) is 1. The van der Waals surface area contributed by atoms with Crippen LogP contribution in [-0.2, 0) is 0 Å². The first-order valence-corrected chi connectivity index (χ1v) is 5.58. The van der Waals surface area contributed by atoms with Crippen molar-refractivity contribution in [3.63, 3.8) is 0 Å². The van der Waals surface area contributed by atoms with Crippen LogP contribution in [0.1, 0.15) is 31.4 Å². The molecule has 0 bridgehead atoms. The van der Waals surface area contributed by atoms with E-state index in [0.717, 1.165) is 24.4 Å². The first-order chi connectivity index (χ1) is 7.25. The molecular formula is C11H18N4. The molecule has 0 saturated heterocycles. The van der Waals surface area contributed by atoms with E-state index < -0.39 is 0 Å². The molecule has 1 aromatic rings. The number of aromatic nitrogens is 2. The maximum absolute atomic E-state index is 6.05. The van der Waals surface area contributed by atoms with Gasteiger partial charge in [0.2, 0.25) is 0 Å². The zero-order valence-corrected chi connectivity index (χ0v) is 9.11. The third-order valence-corrected chi connectivity index (χ3v) is 2.95. The minimum atomic E-state index is 0.252. The molecule has 3 N–H and O–H groups in total. The van der Waals surface area contributed by atoms with Crippen molar-refractivity contribution in [3.8, 4) is 0 Å². The van der Waals surface area contributed by atoms with Gasteiger partial charge in [-0.1, -0.05) is 12.8 Å². The first kappa shape index (κ1) is 10.4. The fourth-order valence-corrected chi connectivity index (χ4v) is 2.00. The summed E-state index contributed by atoms with van der Waals surface area (Å²) in [7, 11) is 0. The molecule has 0 unspecified atom stereocenters. The maximum Gasteiger partial charge on any atom is 0.148 e. The molecule has 0 aromatic carbocycles. The molecule has 2 atom stereocenters. The van der Waals surface area contributed by atoms with Crippen LogP contribution in [0, 0.1) is 6.92 Å². The molecule has 1 aliphatic rings. The fraction of sp³-hybridized carbons (Fsp3) is 0.636. The number of rotatable bonds is 2. The van der Waals surface area contributed by atoms with E-state index in [2.05, 4.69) is 15.5 Å². The van der Waals surface area contributed by atoms with Gasteiger partial charge in [0, 0.05) is 12.1 Å². The van der Waals surface area contributed by atoms with E-state index in [1.54, 1.807) is 0 Å². The van der Waals surface area contributed by atoms with Crippen LogP contribution in [-0.4, -0.2) is 22.3 Å². The molecule has 1 heterocycles. The third-order valence-electron chi connectivity index (χ3n) is 2.95. The average molecular weight is 206 g/mol. The number of aryl methyl sites for hydroxylation is 1. The molecule has 2 rings (SSSR count). The van der Waals surface area contributed by atoms with Gasteiger partial charge in [0.15, 0.2) is 0 Å². The lowest BCUT2D eigenvalue weighted by Gasteiger charge is -2.29. The Morgan fingerprint density at radius 2 is 2.07 bits per heavy atom. The smallest absolute Gasteiger partial charge is 0.148 e. The van der Waals surface area contributed by atoms with Crippen molar-refractivity contribution in [2.75, 3.05) is 5.32 Å². The van der Waals surface area contributed by atoms with Crippen molar-refractivity contribution < 1.29 is 0 Å². The zero-order valence-electron chi connectivity index (χ0n) is 9.11. The molecule has 1 fully saturated rings. The Bertz CT molecular complexity index is 309. The van der Waals surface area contributed by atoms with E-state index in [4.69, 9.17) is 5.73 Å². The Morgan fingerprint density at radius 3 is 2.73 bits per heavy atom. The molecule has 0 amide bonds. The van der Waals surface area contributed by atoms with Gasteiger partial charge in [-0.25, -0.2) is 0 Å². The van der Waals surface area contributed by atoms with E-state index in [1.807, 2.05) is 19.1 Å². The van der Waals surface area contributed by atoms with Gasteiger partial charge in [0.05, 0.1) is 5.69 Å². The largest absolute Gasteiger partial charge is 0.364 e. The first-order valence-electron chi connectivity index (χ1n) is 5.58. The van der Waals surface area contributed by atoms with Crippen molar-refractivity contribution in [2.45, 2.75) is 44.7 Å². The minimum Gasteiger partial charge on any atom is -0.364 e. The van der Waals surface area contributed by atoms with Crippen LogP contribution in [0.15, 0.2) is 12.1 Å². The van der Waals surface area contributed by atoms with Gasteiger partial charge in [-0.2, -0.15) is 5.10 Å². The normalized spacial score (nSPS) is 26.3. The van der Waals surface area contributed by atoms with E-state index in [-0.39, 0.29) is 6.04 Å². The molecule has 1 saturated carbocycles. The molecule has 15 heavy (non-hydrogen) atoms. The van der Waals surface area contributed by atoms with Gasteiger partial charge >= 0.3 is 0 Å². The quantitative estimate of drug-likeness (QED) is 0.769. The van der Waals surface area contributed by atoms with Gasteiger partial charge in [-0.15, -0.1) is 5.10 Å². The summed E-state index contributed by atoms with van der Waals surface area (Å²) in [6.45, 7) is 1.93. The van der Waals surface area contributed by atoms with E-state index >= 15 is 0 Å². The van der Waals surface area contributed by atoms with Crippen molar-refractivity contribution in [2.24, 2.45) is 5.73 Å². The summed E-state index contributed by atoms with van der Waals surface area (Å²) in [5.41, 5.74) is 6.98. The summed E-state index contributed by atoms with van der Waals surface area (Å²) >= 11 is 0. The lowest BCUT2D eigenvalue weighted by molar-refractivity contribution is 0.403. The lowest BCUT2D eigenvalue weighted by atomic mass is 9.91. The highest BCUT2D eigenvalue weighted by Crippen LogP contribution is 2.19. The number of nitrogens with one attached hydrogen (secondary N) is 1. The second-order valence-electron chi connectivity index (χ2n) is 4.26. The Kier molecular flexibility index (Phi) is 3.16. The number of anilines is 1. The van der Waals surface area contributed by atoms with E-state index in [1.165, 1.54) is 12.8 Å². The molecule has 4 nitrogen and oxygen atoms in total. The summed E-state index contributed by atoms with van der Waals surface area (Å²) in [6.07, 6.45) is 4.75. The summed E-state index contributed by atoms with van der Waals surface area (Å²) in [6, 6.07) is 4.53. The van der Waals surface area contributed by atoms with E-state index in [0.29, 0.717) is 6.04 Å². The predicted molar refractivity (Wildman–Crippen MR) is 60.6 cm³/mol. The molecule has 4 heteroatoms. The molecule has 0 spiro atoms. The van der Waals surface area contributed by atoms with Gasteiger partial charge in [0.25, 0.3) is 0 Å². The highest BCUT2D eigenvalue weighted by atomic mass is 15.2. The Hall–Kier alpha value is -1.16. The molecule has 0 aliphatic heterocycles. The molecule has 1 aromatic heterocycles. The average Bonchev–Trinajstić information content (AvgIpc) is 2.25. The monoisotopic (exact) mass is 206 g/mol. The zero-order chi connectivity index (χ0) is 10.7. The highest BCUT2D eigenvalue weighted by Gasteiger charge is 2.21. The van der Waals surface area contributed by atoms with Gasteiger partial charge in [-0.3, -0.25) is 0 Å². The number of nitrogens with zero attached hydrogens (tertiary/aromatic N) is 2. The Labute approximate surface area is 90.3 Å². The minimum absolute atomic E-state index is 0.252. The maximum atomic E-state index is 6.05. The second kappa shape index (κ2) is 4.57.